The highest BCUT2D eigenvalue weighted by molar-refractivity contribution is 6.30. The number of carbonyl (C=O) groups excluding carboxylic acids is 1. The van der Waals surface area contributed by atoms with Gasteiger partial charge in [0.05, 0.1) is 0 Å². The van der Waals surface area contributed by atoms with Crippen LogP contribution in [0.15, 0.2) is 29.8 Å². The van der Waals surface area contributed by atoms with Crippen LogP contribution < -0.4 is 5.32 Å². The average molecular weight is 236 g/mol. The van der Waals surface area contributed by atoms with Crippen molar-refractivity contribution in [2.45, 2.75) is 25.8 Å². The average Bonchev–Trinajstić information content (AvgIpc) is 3.05. The number of amides is 1. The Hall–Kier alpha value is -1.28. The third-order valence-corrected chi connectivity index (χ3v) is 2.78. The standard InChI is InChI=1S/C13H14ClNO/c1-9(13(16)15-12-6-7-12)8-10-2-4-11(14)5-3-10/h2-5,8,12H,6-7H2,1H3,(H,15,16)/b9-8+. The van der Waals surface area contributed by atoms with Crippen LogP contribution >= 0.6 is 11.6 Å². The van der Waals surface area contributed by atoms with Crippen molar-refractivity contribution in [2.24, 2.45) is 0 Å². The van der Waals surface area contributed by atoms with Gasteiger partial charge in [-0.15, -0.1) is 0 Å². The van der Waals surface area contributed by atoms with Crippen molar-refractivity contribution in [1.82, 2.24) is 5.32 Å². The van der Waals surface area contributed by atoms with Gasteiger partial charge < -0.3 is 5.32 Å². The van der Waals surface area contributed by atoms with Crippen LogP contribution in [0.25, 0.3) is 6.08 Å². The number of hydrogen-bond acceptors (Lipinski definition) is 1. The van der Waals surface area contributed by atoms with E-state index in [0.29, 0.717) is 11.1 Å². The van der Waals surface area contributed by atoms with Gasteiger partial charge in [-0.25, -0.2) is 0 Å². The molecule has 1 aliphatic rings. The Bertz CT molecular complexity index is 418. The van der Waals surface area contributed by atoms with Crippen molar-refractivity contribution in [1.29, 1.82) is 0 Å². The number of benzene rings is 1. The van der Waals surface area contributed by atoms with Crippen molar-refractivity contribution in [3.05, 3.63) is 40.4 Å². The molecule has 0 spiro atoms. The molecule has 84 valence electrons. The monoisotopic (exact) mass is 235 g/mol. The molecule has 0 aromatic heterocycles. The van der Waals surface area contributed by atoms with E-state index in [-0.39, 0.29) is 5.91 Å². The molecular formula is C13H14ClNO. The lowest BCUT2D eigenvalue weighted by atomic mass is 10.1. The molecule has 2 nitrogen and oxygen atoms in total. The van der Waals surface area contributed by atoms with Crippen LogP contribution in [-0.4, -0.2) is 11.9 Å². The molecule has 1 N–H and O–H groups in total. The summed E-state index contributed by atoms with van der Waals surface area (Å²) < 4.78 is 0. The summed E-state index contributed by atoms with van der Waals surface area (Å²) >= 11 is 5.79. The molecule has 16 heavy (non-hydrogen) atoms. The molecule has 0 unspecified atom stereocenters. The predicted molar refractivity (Wildman–Crippen MR) is 66.3 cm³/mol. The van der Waals surface area contributed by atoms with Gasteiger partial charge in [-0.1, -0.05) is 23.7 Å². The van der Waals surface area contributed by atoms with Crippen molar-refractivity contribution in [3.8, 4) is 0 Å². The maximum Gasteiger partial charge on any atom is 0.247 e. The number of hydrogen-bond donors (Lipinski definition) is 1. The lowest BCUT2D eigenvalue weighted by Crippen LogP contribution is -2.25. The van der Waals surface area contributed by atoms with Crippen molar-refractivity contribution < 1.29 is 4.79 Å². The first-order valence-corrected chi connectivity index (χ1v) is 5.77. The molecule has 3 heteroatoms. The number of nitrogens with one attached hydrogen (secondary N) is 1. The molecule has 1 fully saturated rings. The SMILES string of the molecule is C/C(=C\c1ccc(Cl)cc1)C(=O)NC1CC1. The van der Waals surface area contributed by atoms with Gasteiger partial charge in [0.25, 0.3) is 0 Å². The quantitative estimate of drug-likeness (QED) is 0.802. The smallest absolute Gasteiger partial charge is 0.247 e. The van der Waals surface area contributed by atoms with E-state index in [1.807, 2.05) is 37.3 Å². The maximum absolute atomic E-state index is 11.7. The Morgan fingerprint density at radius 3 is 2.56 bits per heavy atom. The lowest BCUT2D eigenvalue weighted by Gasteiger charge is -2.03. The highest BCUT2D eigenvalue weighted by atomic mass is 35.5. The van der Waals surface area contributed by atoms with Gasteiger partial charge in [0.15, 0.2) is 0 Å². The number of halogens is 1. The van der Waals surface area contributed by atoms with Gasteiger partial charge in [-0.05, 0) is 43.5 Å². The van der Waals surface area contributed by atoms with E-state index in [2.05, 4.69) is 5.32 Å². The molecule has 1 saturated carbocycles. The molecule has 1 aromatic carbocycles. The van der Waals surface area contributed by atoms with E-state index in [4.69, 9.17) is 11.6 Å². The van der Waals surface area contributed by atoms with Crippen LogP contribution in [0.3, 0.4) is 0 Å². The summed E-state index contributed by atoms with van der Waals surface area (Å²) in [7, 11) is 0. The van der Waals surface area contributed by atoms with Gasteiger partial charge in [-0.3, -0.25) is 4.79 Å². The second-order valence-electron chi connectivity index (χ2n) is 4.13. The first-order valence-electron chi connectivity index (χ1n) is 5.40. The molecule has 1 amide bonds. The minimum Gasteiger partial charge on any atom is -0.350 e. The van der Waals surface area contributed by atoms with Gasteiger partial charge in [-0.2, -0.15) is 0 Å². The normalized spacial score (nSPS) is 16.0. The fourth-order valence-corrected chi connectivity index (χ4v) is 1.53. The van der Waals surface area contributed by atoms with Crippen molar-refractivity contribution in [2.75, 3.05) is 0 Å². The van der Waals surface area contributed by atoms with Crippen LogP contribution in [0.2, 0.25) is 5.02 Å². The van der Waals surface area contributed by atoms with Gasteiger partial charge >= 0.3 is 0 Å². The minimum absolute atomic E-state index is 0.0254. The zero-order valence-electron chi connectivity index (χ0n) is 9.16. The summed E-state index contributed by atoms with van der Waals surface area (Å²) in [5.74, 6) is 0.0254. The molecule has 0 bridgehead atoms. The van der Waals surface area contributed by atoms with E-state index in [0.717, 1.165) is 24.0 Å². The molecule has 0 heterocycles. The lowest BCUT2D eigenvalue weighted by molar-refractivity contribution is -0.117. The zero-order valence-corrected chi connectivity index (χ0v) is 9.92. The summed E-state index contributed by atoms with van der Waals surface area (Å²) in [5.41, 5.74) is 1.72. The van der Waals surface area contributed by atoms with E-state index in [9.17, 15) is 4.79 Å². The Morgan fingerprint density at radius 2 is 2.00 bits per heavy atom. The first-order chi connectivity index (χ1) is 7.65. The highest BCUT2D eigenvalue weighted by Gasteiger charge is 2.23. The predicted octanol–water partition coefficient (Wildman–Crippen LogP) is 3.02. The molecule has 0 aliphatic heterocycles. The third kappa shape index (κ3) is 3.11. The second kappa shape index (κ2) is 4.71. The molecule has 2 rings (SSSR count). The maximum atomic E-state index is 11.7. The third-order valence-electron chi connectivity index (χ3n) is 2.52. The highest BCUT2D eigenvalue weighted by Crippen LogP contribution is 2.19. The molecule has 1 aliphatic carbocycles. The largest absolute Gasteiger partial charge is 0.350 e. The van der Waals surface area contributed by atoms with Crippen LogP contribution in [0.1, 0.15) is 25.3 Å². The molecule has 0 saturated heterocycles. The van der Waals surface area contributed by atoms with E-state index in [1.165, 1.54) is 0 Å². The van der Waals surface area contributed by atoms with E-state index >= 15 is 0 Å². The first kappa shape index (κ1) is 11.2. The van der Waals surface area contributed by atoms with Gasteiger partial charge in [0.2, 0.25) is 5.91 Å². The Morgan fingerprint density at radius 1 is 1.38 bits per heavy atom. The molecule has 0 radical (unpaired) electrons. The molecular weight excluding hydrogens is 222 g/mol. The van der Waals surface area contributed by atoms with Crippen LogP contribution in [-0.2, 0) is 4.79 Å². The number of rotatable bonds is 3. The Balaban J connectivity index is 2.04. The van der Waals surface area contributed by atoms with Gasteiger partial charge in [0, 0.05) is 16.6 Å². The van der Waals surface area contributed by atoms with Gasteiger partial charge in [0.1, 0.15) is 0 Å². The van der Waals surface area contributed by atoms with Crippen LogP contribution in [0, 0.1) is 0 Å². The van der Waals surface area contributed by atoms with Crippen molar-refractivity contribution in [3.63, 3.8) is 0 Å². The number of carbonyl (C=O) groups is 1. The van der Waals surface area contributed by atoms with Crippen LogP contribution in [0.5, 0.6) is 0 Å². The topological polar surface area (TPSA) is 29.1 Å². The Kier molecular flexibility index (Phi) is 3.30. The summed E-state index contributed by atoms with van der Waals surface area (Å²) in [6.45, 7) is 1.83. The van der Waals surface area contributed by atoms with Crippen molar-refractivity contribution >= 4 is 23.6 Å². The van der Waals surface area contributed by atoms with E-state index in [1.54, 1.807) is 0 Å². The molecule has 0 atom stereocenters. The van der Waals surface area contributed by atoms with E-state index < -0.39 is 0 Å². The summed E-state index contributed by atoms with van der Waals surface area (Å²) in [5, 5.41) is 3.66. The second-order valence-corrected chi connectivity index (χ2v) is 4.56. The fraction of sp³-hybridized carbons (Fsp3) is 0.308. The summed E-state index contributed by atoms with van der Waals surface area (Å²) in [6.07, 6.45) is 4.09. The van der Waals surface area contributed by atoms with Crippen LogP contribution in [0.4, 0.5) is 0 Å². The molecule has 1 aromatic rings. The Labute approximate surface area is 100 Å². The summed E-state index contributed by atoms with van der Waals surface area (Å²) in [6, 6.07) is 7.84. The zero-order chi connectivity index (χ0) is 11.5. The fourth-order valence-electron chi connectivity index (χ4n) is 1.40. The minimum atomic E-state index is 0.0254. The summed E-state index contributed by atoms with van der Waals surface area (Å²) in [4.78, 5) is 11.7.